The predicted molar refractivity (Wildman–Crippen MR) is 109 cm³/mol. The molecule has 0 aliphatic heterocycles. The van der Waals surface area contributed by atoms with Gasteiger partial charge >= 0.3 is 5.97 Å². The Morgan fingerprint density at radius 1 is 0.964 bits per heavy atom. The zero-order chi connectivity index (χ0) is 19.9. The van der Waals surface area contributed by atoms with Gasteiger partial charge in [0.25, 0.3) is 5.91 Å². The Hall–Kier alpha value is -3.34. The van der Waals surface area contributed by atoms with Crippen molar-refractivity contribution in [2.24, 2.45) is 0 Å². The van der Waals surface area contributed by atoms with E-state index < -0.39 is 12.1 Å². The Labute approximate surface area is 164 Å². The first-order chi connectivity index (χ1) is 13.5. The molecule has 5 nitrogen and oxygen atoms in total. The molecule has 0 saturated heterocycles. The highest BCUT2D eigenvalue weighted by Gasteiger charge is 2.18. The van der Waals surface area contributed by atoms with Crippen molar-refractivity contribution in [3.63, 3.8) is 0 Å². The molecule has 1 N–H and O–H groups in total. The van der Waals surface area contributed by atoms with Gasteiger partial charge < -0.3 is 14.8 Å². The van der Waals surface area contributed by atoms with Gasteiger partial charge in [0.15, 0.2) is 6.10 Å². The van der Waals surface area contributed by atoms with E-state index >= 15 is 0 Å². The molecule has 3 aromatic rings. The van der Waals surface area contributed by atoms with Crippen LogP contribution in [-0.4, -0.2) is 24.6 Å². The number of nitrogens with one attached hydrogen (secondary N) is 1. The van der Waals surface area contributed by atoms with Gasteiger partial charge in [-0.1, -0.05) is 42.5 Å². The zero-order valence-corrected chi connectivity index (χ0v) is 16.0. The molecule has 0 unspecified atom stereocenters. The minimum absolute atomic E-state index is 0.117. The van der Waals surface area contributed by atoms with Crippen molar-refractivity contribution in [2.75, 3.05) is 11.9 Å². The van der Waals surface area contributed by atoms with Crippen LogP contribution in [0.5, 0.6) is 5.75 Å². The van der Waals surface area contributed by atoms with E-state index in [1.165, 1.54) is 0 Å². The van der Waals surface area contributed by atoms with Crippen LogP contribution in [0.2, 0.25) is 0 Å². The number of anilines is 1. The molecule has 1 atom stereocenters. The molecule has 1 amide bonds. The summed E-state index contributed by atoms with van der Waals surface area (Å²) < 4.78 is 10.7. The molecule has 0 saturated carbocycles. The highest BCUT2D eigenvalue weighted by molar-refractivity contribution is 5.95. The van der Waals surface area contributed by atoms with Gasteiger partial charge in [0.1, 0.15) is 5.75 Å². The van der Waals surface area contributed by atoms with Crippen LogP contribution in [0, 0.1) is 0 Å². The third-order valence-electron chi connectivity index (χ3n) is 4.27. The number of amides is 1. The second kappa shape index (κ2) is 9.04. The summed E-state index contributed by atoms with van der Waals surface area (Å²) in [4.78, 5) is 24.5. The summed E-state index contributed by atoms with van der Waals surface area (Å²) in [7, 11) is 0. The van der Waals surface area contributed by atoms with Crippen molar-refractivity contribution in [2.45, 2.75) is 26.4 Å². The number of carbonyl (C=O) groups is 2. The third-order valence-corrected chi connectivity index (χ3v) is 4.27. The van der Waals surface area contributed by atoms with E-state index in [0.29, 0.717) is 12.3 Å². The molecule has 0 fully saturated rings. The van der Waals surface area contributed by atoms with Gasteiger partial charge in [-0.05, 0) is 54.4 Å². The highest BCUT2D eigenvalue weighted by atomic mass is 16.5. The quantitative estimate of drug-likeness (QED) is 0.622. The molecular formula is C23H23NO4. The molecule has 0 spiro atoms. The van der Waals surface area contributed by atoms with Crippen LogP contribution in [0.15, 0.2) is 66.7 Å². The minimum atomic E-state index is -0.889. The Morgan fingerprint density at radius 2 is 1.68 bits per heavy atom. The maximum Gasteiger partial charge on any atom is 0.311 e. The van der Waals surface area contributed by atoms with E-state index in [1.807, 2.05) is 49.4 Å². The molecule has 144 valence electrons. The van der Waals surface area contributed by atoms with Crippen molar-refractivity contribution in [3.05, 3.63) is 72.3 Å². The predicted octanol–water partition coefficient (Wildman–Crippen LogP) is 4.35. The zero-order valence-electron chi connectivity index (χ0n) is 16.0. The van der Waals surface area contributed by atoms with E-state index in [2.05, 4.69) is 5.32 Å². The number of fused-ring (bicyclic) bond motifs is 1. The van der Waals surface area contributed by atoms with Crippen LogP contribution in [0.4, 0.5) is 5.69 Å². The number of hydrogen-bond donors (Lipinski definition) is 1. The number of carbonyl (C=O) groups excluding carboxylic acids is 2. The summed E-state index contributed by atoms with van der Waals surface area (Å²) in [6.07, 6.45) is -0.773. The number of rotatable bonds is 7. The van der Waals surface area contributed by atoms with E-state index in [0.717, 1.165) is 22.1 Å². The molecule has 28 heavy (non-hydrogen) atoms. The van der Waals surface area contributed by atoms with E-state index in [9.17, 15) is 9.59 Å². The van der Waals surface area contributed by atoms with Gasteiger partial charge in [-0.15, -0.1) is 0 Å². The average molecular weight is 377 g/mol. The summed E-state index contributed by atoms with van der Waals surface area (Å²) in [6.45, 7) is 4.04. The fourth-order valence-corrected chi connectivity index (χ4v) is 2.85. The third kappa shape index (κ3) is 5.10. The largest absolute Gasteiger partial charge is 0.494 e. The van der Waals surface area contributed by atoms with Gasteiger partial charge in [-0.2, -0.15) is 0 Å². The summed E-state index contributed by atoms with van der Waals surface area (Å²) >= 11 is 0. The van der Waals surface area contributed by atoms with Gasteiger partial charge in [0, 0.05) is 5.69 Å². The number of esters is 1. The lowest BCUT2D eigenvalue weighted by atomic mass is 10.1. The molecule has 0 aliphatic carbocycles. The highest BCUT2D eigenvalue weighted by Crippen LogP contribution is 2.17. The van der Waals surface area contributed by atoms with Crippen molar-refractivity contribution in [1.82, 2.24) is 0 Å². The summed E-state index contributed by atoms with van der Waals surface area (Å²) in [5.41, 5.74) is 1.47. The summed E-state index contributed by atoms with van der Waals surface area (Å²) in [5, 5.41) is 4.91. The molecular weight excluding hydrogens is 354 g/mol. The fraction of sp³-hybridized carbons (Fsp3) is 0.217. The first-order valence-electron chi connectivity index (χ1n) is 9.26. The van der Waals surface area contributed by atoms with Crippen molar-refractivity contribution in [3.8, 4) is 5.75 Å². The monoisotopic (exact) mass is 377 g/mol. The molecule has 3 aromatic carbocycles. The Kier molecular flexibility index (Phi) is 6.27. The van der Waals surface area contributed by atoms with Gasteiger partial charge in [-0.3, -0.25) is 9.59 Å². The summed E-state index contributed by atoms with van der Waals surface area (Å²) in [6, 6.07) is 20.8. The standard InChI is InChI=1S/C23H23NO4/c1-3-27-21-12-10-20(11-13-21)24-23(26)16(2)28-22(25)15-17-8-9-18-6-4-5-7-19(18)14-17/h4-14,16H,3,15H2,1-2H3,(H,24,26)/t16-/m0/s1. The minimum Gasteiger partial charge on any atom is -0.494 e. The topological polar surface area (TPSA) is 64.6 Å². The molecule has 5 heteroatoms. The number of ether oxygens (including phenoxy) is 2. The maximum absolute atomic E-state index is 12.3. The van der Waals surface area contributed by atoms with Gasteiger partial charge in [0.05, 0.1) is 13.0 Å². The van der Waals surface area contributed by atoms with Crippen LogP contribution in [0.3, 0.4) is 0 Å². The van der Waals surface area contributed by atoms with E-state index in [4.69, 9.17) is 9.47 Å². The average Bonchev–Trinajstić information content (AvgIpc) is 2.69. The van der Waals surface area contributed by atoms with Crippen LogP contribution < -0.4 is 10.1 Å². The lowest BCUT2D eigenvalue weighted by Crippen LogP contribution is -2.30. The normalized spacial score (nSPS) is 11.6. The van der Waals surface area contributed by atoms with Gasteiger partial charge in [0.2, 0.25) is 0 Å². The van der Waals surface area contributed by atoms with Crippen LogP contribution in [-0.2, 0) is 20.7 Å². The molecule has 0 radical (unpaired) electrons. The first-order valence-corrected chi connectivity index (χ1v) is 9.26. The second-order valence-electron chi connectivity index (χ2n) is 6.44. The van der Waals surface area contributed by atoms with Crippen molar-refractivity contribution >= 4 is 28.3 Å². The lowest BCUT2D eigenvalue weighted by Gasteiger charge is -2.14. The first kappa shape index (κ1) is 19.4. The molecule has 0 heterocycles. The van der Waals surface area contributed by atoms with Gasteiger partial charge in [-0.25, -0.2) is 0 Å². The maximum atomic E-state index is 12.3. The summed E-state index contributed by atoms with van der Waals surface area (Å²) in [5.74, 6) is -0.0870. The van der Waals surface area contributed by atoms with E-state index in [-0.39, 0.29) is 12.3 Å². The van der Waals surface area contributed by atoms with Crippen LogP contribution in [0.1, 0.15) is 19.4 Å². The molecule has 0 bridgehead atoms. The molecule has 0 aliphatic rings. The number of hydrogen-bond acceptors (Lipinski definition) is 4. The van der Waals surface area contributed by atoms with E-state index in [1.54, 1.807) is 31.2 Å². The lowest BCUT2D eigenvalue weighted by molar-refractivity contribution is -0.152. The number of benzene rings is 3. The molecule has 0 aromatic heterocycles. The Balaban J connectivity index is 1.54. The second-order valence-corrected chi connectivity index (χ2v) is 6.44. The van der Waals surface area contributed by atoms with Crippen LogP contribution >= 0.6 is 0 Å². The van der Waals surface area contributed by atoms with Crippen molar-refractivity contribution in [1.29, 1.82) is 0 Å². The Morgan fingerprint density at radius 3 is 2.39 bits per heavy atom. The smallest absolute Gasteiger partial charge is 0.311 e. The van der Waals surface area contributed by atoms with Crippen molar-refractivity contribution < 1.29 is 19.1 Å². The fourth-order valence-electron chi connectivity index (χ4n) is 2.85. The SMILES string of the molecule is CCOc1ccc(NC(=O)[C@H](C)OC(=O)Cc2ccc3ccccc3c2)cc1. The Bertz CT molecular complexity index is 966. The van der Waals surface area contributed by atoms with Crippen LogP contribution in [0.25, 0.3) is 10.8 Å². The molecule has 3 rings (SSSR count).